The number of thiophene rings is 1. The van der Waals surface area contributed by atoms with E-state index in [0.717, 1.165) is 39.5 Å². The van der Waals surface area contributed by atoms with Gasteiger partial charge in [-0.1, -0.05) is 18.2 Å². The number of aromatic amines is 1. The van der Waals surface area contributed by atoms with Crippen LogP contribution in [-0.4, -0.2) is 51.9 Å². The van der Waals surface area contributed by atoms with Gasteiger partial charge in [-0.3, -0.25) is 14.5 Å². The number of carbonyl (C=O) groups is 1. The van der Waals surface area contributed by atoms with E-state index < -0.39 is 0 Å². The maximum atomic E-state index is 12.8. The van der Waals surface area contributed by atoms with Crippen LogP contribution in [0.5, 0.6) is 0 Å². The van der Waals surface area contributed by atoms with Crippen LogP contribution in [0.3, 0.4) is 0 Å². The second-order valence-corrected chi connectivity index (χ2v) is 8.56. The van der Waals surface area contributed by atoms with Gasteiger partial charge < -0.3 is 9.88 Å². The van der Waals surface area contributed by atoms with Gasteiger partial charge in [0.25, 0.3) is 11.5 Å². The first-order chi connectivity index (χ1) is 13.4. The number of H-pyrrole nitrogens is 1. The molecule has 1 aromatic carbocycles. The number of fused-ring (bicyclic) bond motifs is 1. The molecule has 3 aromatic rings. The molecule has 1 saturated heterocycles. The Labute approximate surface area is 167 Å². The van der Waals surface area contributed by atoms with Gasteiger partial charge in [-0.25, -0.2) is 4.98 Å². The van der Waals surface area contributed by atoms with Gasteiger partial charge in [-0.15, -0.1) is 11.3 Å². The van der Waals surface area contributed by atoms with Gasteiger partial charge in [0.05, 0.1) is 11.9 Å². The fraction of sp³-hybridized carbons (Fsp3) is 0.381. The molecule has 4 rings (SSSR count). The minimum atomic E-state index is -0.0600. The number of nitrogens with one attached hydrogen (secondary N) is 1. The highest BCUT2D eigenvalue weighted by Gasteiger charge is 2.23. The molecule has 0 radical (unpaired) electrons. The summed E-state index contributed by atoms with van der Waals surface area (Å²) in [5.74, 6) is 0.785. The molecule has 2 aromatic heterocycles. The van der Waals surface area contributed by atoms with E-state index in [-0.39, 0.29) is 11.5 Å². The Hall–Kier alpha value is -2.51. The Morgan fingerprint density at radius 1 is 1.14 bits per heavy atom. The minimum absolute atomic E-state index is 0.0600. The smallest absolute Gasteiger partial charge is 0.259 e. The van der Waals surface area contributed by atoms with Crippen molar-refractivity contribution in [1.82, 2.24) is 19.8 Å². The van der Waals surface area contributed by atoms with E-state index in [0.29, 0.717) is 30.8 Å². The largest absolute Gasteiger partial charge is 0.336 e. The molecule has 6 nitrogen and oxygen atoms in total. The third-order valence-corrected chi connectivity index (χ3v) is 6.60. The highest BCUT2D eigenvalue weighted by Crippen LogP contribution is 2.25. The Morgan fingerprint density at radius 2 is 1.86 bits per heavy atom. The van der Waals surface area contributed by atoms with E-state index in [4.69, 9.17) is 0 Å². The summed E-state index contributed by atoms with van der Waals surface area (Å²) in [4.78, 5) is 38.9. The van der Waals surface area contributed by atoms with E-state index in [9.17, 15) is 9.59 Å². The molecule has 28 heavy (non-hydrogen) atoms. The summed E-state index contributed by atoms with van der Waals surface area (Å²) in [5, 5.41) is 0.708. The summed E-state index contributed by atoms with van der Waals surface area (Å²) in [6.07, 6.45) is 0. The Bertz CT molecular complexity index is 1090. The van der Waals surface area contributed by atoms with Crippen molar-refractivity contribution in [2.45, 2.75) is 27.3 Å². The van der Waals surface area contributed by atoms with Gasteiger partial charge in [0, 0.05) is 36.6 Å². The lowest BCUT2D eigenvalue weighted by Crippen LogP contribution is -2.48. The average Bonchev–Trinajstić information content (AvgIpc) is 2.96. The number of carbonyl (C=O) groups excluding carboxylic acids is 1. The number of piperazine rings is 1. The lowest BCUT2D eigenvalue weighted by atomic mass is 10.1. The number of nitrogens with zero attached hydrogens (tertiary/aromatic N) is 3. The van der Waals surface area contributed by atoms with Crippen molar-refractivity contribution in [3.63, 3.8) is 0 Å². The van der Waals surface area contributed by atoms with Crippen molar-refractivity contribution in [2.24, 2.45) is 0 Å². The molecular formula is C21H24N4O2S. The molecule has 0 bridgehead atoms. The Kier molecular flexibility index (Phi) is 5.03. The van der Waals surface area contributed by atoms with Crippen LogP contribution in [0.15, 0.2) is 29.1 Å². The number of benzene rings is 1. The quantitative estimate of drug-likeness (QED) is 0.739. The lowest BCUT2D eigenvalue weighted by molar-refractivity contribution is 0.0625. The molecule has 1 amide bonds. The molecule has 0 saturated carbocycles. The normalized spacial score (nSPS) is 15.3. The summed E-state index contributed by atoms with van der Waals surface area (Å²) in [6, 6.07) is 7.71. The molecule has 3 heterocycles. The van der Waals surface area contributed by atoms with Crippen molar-refractivity contribution in [3.8, 4) is 0 Å². The maximum absolute atomic E-state index is 12.8. The molecule has 1 fully saturated rings. The molecule has 1 aliphatic heterocycles. The van der Waals surface area contributed by atoms with E-state index in [1.54, 1.807) is 11.3 Å². The van der Waals surface area contributed by atoms with Crippen LogP contribution >= 0.6 is 11.3 Å². The Balaban J connectivity index is 1.43. The predicted octanol–water partition coefficient (Wildman–Crippen LogP) is 2.87. The molecule has 0 atom stereocenters. The SMILES string of the molecule is Cc1ccccc1C(=O)N1CCN(Cc2nc3sc(C)c(C)c3c(=O)[nH]2)CC1. The lowest BCUT2D eigenvalue weighted by Gasteiger charge is -2.34. The summed E-state index contributed by atoms with van der Waals surface area (Å²) in [6.45, 7) is 9.43. The van der Waals surface area contributed by atoms with Crippen LogP contribution in [-0.2, 0) is 6.54 Å². The van der Waals surface area contributed by atoms with Gasteiger partial charge in [0.1, 0.15) is 10.7 Å². The molecule has 1 aliphatic rings. The van der Waals surface area contributed by atoms with Gasteiger partial charge in [0.2, 0.25) is 0 Å². The van der Waals surface area contributed by atoms with Crippen LogP contribution in [0, 0.1) is 20.8 Å². The summed E-state index contributed by atoms with van der Waals surface area (Å²) in [5.41, 5.74) is 2.74. The number of rotatable bonds is 3. The summed E-state index contributed by atoms with van der Waals surface area (Å²) >= 11 is 1.57. The number of hydrogen-bond acceptors (Lipinski definition) is 5. The third-order valence-electron chi connectivity index (χ3n) is 5.50. The molecule has 0 aliphatic carbocycles. The van der Waals surface area contributed by atoms with Crippen molar-refractivity contribution in [3.05, 3.63) is 62.0 Å². The average molecular weight is 397 g/mol. The predicted molar refractivity (Wildman–Crippen MR) is 112 cm³/mol. The number of aryl methyl sites for hydroxylation is 3. The molecule has 146 valence electrons. The van der Waals surface area contributed by atoms with Crippen LogP contribution in [0.2, 0.25) is 0 Å². The molecular weight excluding hydrogens is 372 g/mol. The number of aromatic nitrogens is 2. The van der Waals surface area contributed by atoms with E-state index in [2.05, 4.69) is 14.9 Å². The zero-order valence-corrected chi connectivity index (χ0v) is 17.2. The van der Waals surface area contributed by atoms with Gasteiger partial charge in [-0.2, -0.15) is 0 Å². The fourth-order valence-electron chi connectivity index (χ4n) is 3.68. The summed E-state index contributed by atoms with van der Waals surface area (Å²) < 4.78 is 0. The zero-order valence-electron chi connectivity index (χ0n) is 16.4. The van der Waals surface area contributed by atoms with Crippen molar-refractivity contribution >= 4 is 27.5 Å². The fourth-order valence-corrected chi connectivity index (χ4v) is 4.73. The molecule has 0 unspecified atom stereocenters. The van der Waals surface area contributed by atoms with E-state index in [1.165, 1.54) is 0 Å². The number of hydrogen-bond donors (Lipinski definition) is 1. The van der Waals surface area contributed by atoms with Crippen LogP contribution in [0.25, 0.3) is 10.2 Å². The van der Waals surface area contributed by atoms with Crippen LogP contribution in [0.4, 0.5) is 0 Å². The standard InChI is InChI=1S/C21H24N4O2S/c1-13-6-4-5-7-16(13)21(27)25-10-8-24(9-11-25)12-17-22-19(26)18-14(2)15(3)28-20(18)23-17/h4-7H,8-12H2,1-3H3,(H,22,23,26). The maximum Gasteiger partial charge on any atom is 0.259 e. The van der Waals surface area contributed by atoms with Gasteiger partial charge >= 0.3 is 0 Å². The first-order valence-electron chi connectivity index (χ1n) is 9.50. The highest BCUT2D eigenvalue weighted by atomic mass is 32.1. The molecule has 0 spiro atoms. The monoisotopic (exact) mass is 396 g/mol. The highest BCUT2D eigenvalue weighted by molar-refractivity contribution is 7.18. The topological polar surface area (TPSA) is 69.3 Å². The van der Waals surface area contributed by atoms with Crippen LogP contribution in [0.1, 0.15) is 32.2 Å². The Morgan fingerprint density at radius 3 is 2.57 bits per heavy atom. The molecule has 7 heteroatoms. The molecule has 1 N–H and O–H groups in total. The second-order valence-electron chi connectivity index (χ2n) is 7.36. The summed E-state index contributed by atoms with van der Waals surface area (Å²) in [7, 11) is 0. The zero-order chi connectivity index (χ0) is 19.8. The number of amides is 1. The van der Waals surface area contributed by atoms with Crippen LogP contribution < -0.4 is 5.56 Å². The van der Waals surface area contributed by atoms with Crippen molar-refractivity contribution in [1.29, 1.82) is 0 Å². The second kappa shape index (κ2) is 7.48. The van der Waals surface area contributed by atoms with Gasteiger partial charge in [-0.05, 0) is 38.0 Å². The minimum Gasteiger partial charge on any atom is -0.336 e. The van der Waals surface area contributed by atoms with Gasteiger partial charge in [0.15, 0.2) is 0 Å². The van der Waals surface area contributed by atoms with E-state index in [1.807, 2.05) is 49.9 Å². The van der Waals surface area contributed by atoms with Crippen molar-refractivity contribution in [2.75, 3.05) is 26.2 Å². The van der Waals surface area contributed by atoms with E-state index >= 15 is 0 Å². The first-order valence-corrected chi connectivity index (χ1v) is 10.3. The van der Waals surface area contributed by atoms with Crippen molar-refractivity contribution < 1.29 is 4.79 Å². The first kappa shape index (κ1) is 18.8. The third kappa shape index (κ3) is 3.47.